The van der Waals surface area contributed by atoms with Crippen molar-refractivity contribution in [2.75, 3.05) is 59.2 Å². The Kier molecular flexibility index (Phi) is 8.77. The maximum Gasteiger partial charge on any atom is 0.229 e. The summed E-state index contributed by atoms with van der Waals surface area (Å²) in [4.78, 5) is 13.3. The lowest BCUT2D eigenvalue weighted by molar-refractivity contribution is 0.311. The van der Waals surface area contributed by atoms with Crippen LogP contribution in [0.2, 0.25) is 5.02 Å². The largest absolute Gasteiger partial charge is 0.367 e. The molecular formula is C26H33ClFN7S. The van der Waals surface area contributed by atoms with E-state index in [1.54, 1.807) is 18.1 Å². The number of aromatic nitrogens is 2. The number of nitrogens with one attached hydrogen (secondary N) is 3. The average molecular weight is 530 g/mol. The summed E-state index contributed by atoms with van der Waals surface area (Å²) in [6, 6.07) is 10.9. The first-order chi connectivity index (χ1) is 17.3. The maximum absolute atomic E-state index is 14.9. The van der Waals surface area contributed by atoms with Gasteiger partial charge in [-0.15, -0.1) is 0 Å². The van der Waals surface area contributed by atoms with Crippen molar-refractivity contribution in [1.82, 2.24) is 14.9 Å². The zero-order chi connectivity index (χ0) is 25.7. The molecule has 36 heavy (non-hydrogen) atoms. The lowest BCUT2D eigenvalue weighted by Gasteiger charge is -2.34. The molecule has 2 aromatic carbocycles. The van der Waals surface area contributed by atoms with E-state index >= 15 is 0 Å². The van der Waals surface area contributed by atoms with Crippen molar-refractivity contribution >= 4 is 58.1 Å². The fraction of sp³-hybridized carbons (Fsp3) is 0.385. The first kappa shape index (κ1) is 26.3. The zero-order valence-corrected chi connectivity index (χ0v) is 22.7. The van der Waals surface area contributed by atoms with Crippen molar-refractivity contribution in [3.8, 4) is 0 Å². The van der Waals surface area contributed by atoms with Crippen LogP contribution in [0.25, 0.3) is 0 Å². The first-order valence-corrected chi connectivity index (χ1v) is 13.4. The molecule has 0 amide bonds. The van der Waals surface area contributed by atoms with Gasteiger partial charge in [0.05, 0.1) is 16.4 Å². The summed E-state index contributed by atoms with van der Waals surface area (Å²) in [6.45, 7) is 9.76. The van der Waals surface area contributed by atoms with Gasteiger partial charge in [0.2, 0.25) is 5.95 Å². The van der Waals surface area contributed by atoms with Crippen molar-refractivity contribution in [3.63, 3.8) is 0 Å². The van der Waals surface area contributed by atoms with Crippen molar-refractivity contribution in [1.29, 1.82) is 0 Å². The van der Waals surface area contributed by atoms with Crippen LogP contribution < -0.4 is 20.3 Å². The molecule has 1 saturated heterocycles. The summed E-state index contributed by atoms with van der Waals surface area (Å²) in [7, 11) is 2.08. The number of hydrogen-bond donors (Lipinski definition) is 3. The fourth-order valence-corrected chi connectivity index (χ4v) is 4.71. The number of aryl methyl sites for hydroxylation is 1. The molecule has 192 valence electrons. The molecule has 1 aliphatic heterocycles. The molecule has 1 fully saturated rings. The van der Waals surface area contributed by atoms with Crippen molar-refractivity contribution in [2.45, 2.75) is 20.8 Å². The molecule has 10 heteroatoms. The van der Waals surface area contributed by atoms with E-state index in [9.17, 15) is 4.39 Å². The van der Waals surface area contributed by atoms with Crippen molar-refractivity contribution < 1.29 is 4.39 Å². The van der Waals surface area contributed by atoms with Gasteiger partial charge in [-0.2, -0.15) is 4.98 Å². The molecule has 3 N–H and O–H groups in total. The van der Waals surface area contributed by atoms with Crippen LogP contribution in [0.4, 0.5) is 38.9 Å². The lowest BCUT2D eigenvalue weighted by Crippen LogP contribution is -2.44. The number of likely N-dealkylation sites (N-methyl/N-ethyl adjacent to an activating group) is 1. The molecule has 0 atom stereocenters. The molecule has 0 spiro atoms. The van der Waals surface area contributed by atoms with E-state index in [0.29, 0.717) is 34.1 Å². The minimum Gasteiger partial charge on any atom is -0.367 e. The van der Waals surface area contributed by atoms with Gasteiger partial charge in [0.1, 0.15) is 11.6 Å². The van der Waals surface area contributed by atoms with Gasteiger partial charge < -0.3 is 25.2 Å². The SMILES string of the molecule is Cc1cnc(Nc2ccc(N3CCN(C)CC3)c(F)c2)nc1Nc1ccc(Cl)c(NSCC(C)C)c1. The van der Waals surface area contributed by atoms with Gasteiger partial charge in [0.25, 0.3) is 0 Å². The van der Waals surface area contributed by atoms with E-state index in [4.69, 9.17) is 11.6 Å². The van der Waals surface area contributed by atoms with Crippen LogP contribution >= 0.6 is 23.5 Å². The van der Waals surface area contributed by atoms with E-state index in [1.807, 2.05) is 37.3 Å². The monoisotopic (exact) mass is 529 g/mol. The number of rotatable bonds is 9. The van der Waals surface area contributed by atoms with E-state index < -0.39 is 0 Å². The molecule has 0 radical (unpaired) electrons. The van der Waals surface area contributed by atoms with E-state index in [-0.39, 0.29) is 5.82 Å². The van der Waals surface area contributed by atoms with Crippen LogP contribution in [0.15, 0.2) is 42.6 Å². The topological polar surface area (TPSA) is 68.4 Å². The molecule has 0 bridgehead atoms. The Morgan fingerprint density at radius 2 is 1.78 bits per heavy atom. The Morgan fingerprint density at radius 1 is 1.06 bits per heavy atom. The van der Waals surface area contributed by atoms with Crippen LogP contribution in [0.1, 0.15) is 19.4 Å². The summed E-state index contributed by atoms with van der Waals surface area (Å²) in [5.41, 5.74) is 3.80. The maximum atomic E-state index is 14.9. The molecule has 0 unspecified atom stereocenters. The molecule has 3 aromatic rings. The average Bonchev–Trinajstić information content (AvgIpc) is 2.84. The van der Waals surface area contributed by atoms with Crippen LogP contribution in [0.5, 0.6) is 0 Å². The second-order valence-corrected chi connectivity index (χ2v) is 10.7. The normalized spacial score (nSPS) is 14.2. The van der Waals surface area contributed by atoms with E-state index in [2.05, 4.69) is 56.0 Å². The lowest BCUT2D eigenvalue weighted by atomic mass is 10.2. The summed E-state index contributed by atoms with van der Waals surface area (Å²) in [5.74, 6) is 2.34. The molecule has 1 aliphatic rings. The third-order valence-corrected chi connectivity index (χ3v) is 7.37. The number of benzene rings is 2. The molecule has 0 aliphatic carbocycles. The smallest absolute Gasteiger partial charge is 0.229 e. The van der Waals surface area contributed by atoms with Gasteiger partial charge in [-0.05, 0) is 56.3 Å². The summed E-state index contributed by atoms with van der Waals surface area (Å²) in [6.07, 6.45) is 1.74. The fourth-order valence-electron chi connectivity index (χ4n) is 3.75. The van der Waals surface area contributed by atoms with E-state index in [1.165, 1.54) is 6.07 Å². The van der Waals surface area contributed by atoms with Gasteiger partial charge in [-0.25, -0.2) is 9.37 Å². The summed E-state index contributed by atoms with van der Waals surface area (Å²) in [5, 5.41) is 7.13. The third kappa shape index (κ3) is 6.93. The van der Waals surface area contributed by atoms with Gasteiger partial charge in [-0.3, -0.25) is 0 Å². The highest BCUT2D eigenvalue weighted by molar-refractivity contribution is 8.00. The number of hydrogen-bond acceptors (Lipinski definition) is 8. The predicted molar refractivity (Wildman–Crippen MR) is 152 cm³/mol. The standard InChI is InChI=1S/C26H33ClFN7S/c1-17(2)16-36-33-23-14-20(5-7-21(23)27)30-25-18(3)15-29-26(32-25)31-19-6-8-24(22(28)13-19)35-11-9-34(4)10-12-35/h5-8,13-15,17,33H,9-12,16H2,1-4H3,(H2,29,30,31,32). The summed E-state index contributed by atoms with van der Waals surface area (Å²) < 4.78 is 18.2. The zero-order valence-electron chi connectivity index (χ0n) is 21.1. The number of halogens is 2. The van der Waals surface area contributed by atoms with Gasteiger partial charge >= 0.3 is 0 Å². The van der Waals surface area contributed by atoms with Gasteiger partial charge in [0.15, 0.2) is 0 Å². The second-order valence-electron chi connectivity index (χ2n) is 9.43. The highest BCUT2D eigenvalue weighted by atomic mass is 35.5. The van der Waals surface area contributed by atoms with Crippen LogP contribution in [0.3, 0.4) is 0 Å². The Hall–Kier alpha value is -2.75. The first-order valence-electron chi connectivity index (χ1n) is 12.1. The van der Waals surface area contributed by atoms with E-state index in [0.717, 1.165) is 48.9 Å². The van der Waals surface area contributed by atoms with Crippen molar-refractivity contribution in [3.05, 3.63) is 59.0 Å². The highest BCUT2D eigenvalue weighted by Crippen LogP contribution is 2.31. The Morgan fingerprint density at radius 3 is 2.50 bits per heavy atom. The third-order valence-electron chi connectivity index (χ3n) is 5.85. The van der Waals surface area contributed by atoms with Gasteiger partial charge in [0, 0.05) is 55.1 Å². The molecular weight excluding hydrogens is 497 g/mol. The minimum absolute atomic E-state index is 0.258. The second kappa shape index (κ2) is 12.0. The molecule has 7 nitrogen and oxygen atoms in total. The highest BCUT2D eigenvalue weighted by Gasteiger charge is 2.18. The van der Waals surface area contributed by atoms with Crippen molar-refractivity contribution in [2.24, 2.45) is 5.92 Å². The quantitative estimate of drug-likeness (QED) is 0.270. The van der Waals surface area contributed by atoms with Crippen LogP contribution in [-0.4, -0.2) is 53.8 Å². The summed E-state index contributed by atoms with van der Waals surface area (Å²) >= 11 is 7.99. The molecule has 4 rings (SSSR count). The predicted octanol–water partition coefficient (Wildman–Crippen LogP) is 6.53. The van der Waals surface area contributed by atoms with Crippen LogP contribution in [-0.2, 0) is 0 Å². The number of anilines is 6. The number of nitrogens with zero attached hydrogens (tertiary/aromatic N) is 4. The Bertz CT molecular complexity index is 1180. The van der Waals surface area contributed by atoms with Crippen LogP contribution in [0, 0.1) is 18.7 Å². The minimum atomic E-state index is -0.258. The Labute approximate surface area is 222 Å². The Balaban J connectivity index is 1.45. The molecule has 1 aromatic heterocycles. The molecule has 2 heterocycles. The van der Waals surface area contributed by atoms with Gasteiger partial charge in [-0.1, -0.05) is 37.4 Å². The molecule has 0 saturated carbocycles. The number of piperazine rings is 1.